The lowest BCUT2D eigenvalue weighted by Gasteiger charge is -2.21. The van der Waals surface area contributed by atoms with Crippen molar-refractivity contribution in [2.75, 3.05) is 26.9 Å². The lowest BCUT2D eigenvalue weighted by Crippen LogP contribution is -2.42. The first-order valence-corrected chi connectivity index (χ1v) is 12.6. The Morgan fingerprint density at radius 1 is 0.917 bits per heavy atom. The summed E-state index contributed by atoms with van der Waals surface area (Å²) in [6, 6.07) is 16.6. The van der Waals surface area contributed by atoms with E-state index in [1.54, 1.807) is 24.3 Å². The molecule has 0 aliphatic rings. The summed E-state index contributed by atoms with van der Waals surface area (Å²) < 4.78 is 29.1. The van der Waals surface area contributed by atoms with Gasteiger partial charge in [-0.2, -0.15) is 0 Å². The number of hydrogen-bond acceptors (Lipinski definition) is 8. The fraction of sp³-hybridized carbons (Fsp3) is 0.375. The molecule has 4 N–H and O–H groups in total. The lowest BCUT2D eigenvalue weighted by molar-refractivity contribution is -0.170. The molecule has 0 aromatic heterocycles. The van der Waals surface area contributed by atoms with Crippen LogP contribution in [0.3, 0.4) is 0 Å². The molecule has 12 heteroatoms. The van der Waals surface area contributed by atoms with E-state index < -0.39 is 46.2 Å². The number of aliphatic carboxylic acids is 3. The number of sulfone groups is 1. The van der Waals surface area contributed by atoms with Crippen molar-refractivity contribution < 1.29 is 48.0 Å². The smallest absolute Gasteiger partial charge is 0.336 e. The molecule has 0 radical (unpaired) electrons. The zero-order chi connectivity index (χ0) is 27.5. The topological polar surface area (TPSA) is 179 Å². The highest BCUT2D eigenvalue weighted by Gasteiger charge is 2.40. The molecular weight excluding hydrogens is 494 g/mol. The van der Waals surface area contributed by atoms with Crippen LogP contribution in [-0.4, -0.2) is 84.1 Å². The Bertz CT molecular complexity index is 1100. The predicted molar refractivity (Wildman–Crippen MR) is 130 cm³/mol. The van der Waals surface area contributed by atoms with Crippen molar-refractivity contribution in [1.29, 1.82) is 0 Å². The van der Waals surface area contributed by atoms with Gasteiger partial charge in [0, 0.05) is 19.2 Å². The quantitative estimate of drug-likeness (QED) is 0.318. The number of aliphatic hydroxyl groups is 1. The van der Waals surface area contributed by atoms with Crippen molar-refractivity contribution in [3.8, 4) is 5.75 Å². The number of carbonyl (C=O) groups is 3. The van der Waals surface area contributed by atoms with E-state index in [9.17, 15) is 22.8 Å². The Morgan fingerprint density at radius 2 is 1.42 bits per heavy atom. The van der Waals surface area contributed by atoms with Crippen molar-refractivity contribution in [1.82, 2.24) is 4.90 Å². The van der Waals surface area contributed by atoms with Crippen LogP contribution in [-0.2, 0) is 24.2 Å². The molecule has 0 heterocycles. The third-order valence-electron chi connectivity index (χ3n) is 4.83. The molecule has 198 valence electrons. The van der Waals surface area contributed by atoms with Crippen LogP contribution in [0.2, 0.25) is 0 Å². The molecule has 2 rings (SSSR count). The first-order valence-electron chi connectivity index (χ1n) is 10.7. The molecule has 0 saturated heterocycles. The van der Waals surface area contributed by atoms with Gasteiger partial charge in [-0.3, -0.25) is 9.59 Å². The second-order valence-electron chi connectivity index (χ2n) is 8.33. The highest BCUT2D eigenvalue weighted by atomic mass is 32.2. The Balaban J connectivity index is 0.000000426. The van der Waals surface area contributed by atoms with Crippen molar-refractivity contribution in [2.45, 2.75) is 35.9 Å². The molecule has 36 heavy (non-hydrogen) atoms. The maximum Gasteiger partial charge on any atom is 0.336 e. The minimum absolute atomic E-state index is 0.0670. The van der Waals surface area contributed by atoms with E-state index in [0.717, 1.165) is 18.5 Å². The summed E-state index contributed by atoms with van der Waals surface area (Å²) in [4.78, 5) is 32.9. The van der Waals surface area contributed by atoms with E-state index in [-0.39, 0.29) is 6.10 Å². The van der Waals surface area contributed by atoms with Gasteiger partial charge < -0.3 is 30.1 Å². The van der Waals surface area contributed by atoms with Crippen LogP contribution >= 0.6 is 0 Å². The van der Waals surface area contributed by atoms with Gasteiger partial charge in [0.25, 0.3) is 0 Å². The number of carboxylic acids is 3. The number of nitrogens with zero attached hydrogens (tertiary/aromatic N) is 1. The predicted octanol–water partition coefficient (Wildman–Crippen LogP) is 1.91. The van der Waals surface area contributed by atoms with Crippen LogP contribution in [0.1, 0.15) is 30.9 Å². The standard InChI is InChI=1S/C18H23NO3S.C6H8O7/c1-19(2)14-13-18(15-7-5-4-6-8-15)22-16-9-11-17(12-10-16)23(3,20)21;7-3(8)1-6(13,5(11)12)2-4(9)10/h4-12,18H,13-14H2,1-3H3;13H,1-2H2,(H,7,8)(H,9,10)(H,11,12). The van der Waals surface area contributed by atoms with E-state index in [0.29, 0.717) is 10.6 Å². The van der Waals surface area contributed by atoms with Crippen LogP contribution in [0.15, 0.2) is 59.5 Å². The first kappa shape index (κ1) is 30.6. The molecule has 0 spiro atoms. The number of hydrogen-bond donors (Lipinski definition) is 4. The SMILES string of the molecule is CN(C)CCC(Oc1ccc(S(C)(=O)=O)cc1)c1ccccc1.O=C(O)CC(O)(CC(=O)O)C(=O)O. The minimum atomic E-state index is -3.18. The summed E-state index contributed by atoms with van der Waals surface area (Å²) in [7, 11) is 0.878. The van der Waals surface area contributed by atoms with E-state index in [4.69, 9.17) is 25.2 Å². The van der Waals surface area contributed by atoms with Gasteiger partial charge in [0.05, 0.1) is 17.7 Å². The van der Waals surface area contributed by atoms with Crippen LogP contribution in [0.25, 0.3) is 0 Å². The van der Waals surface area contributed by atoms with Gasteiger partial charge in [-0.25, -0.2) is 13.2 Å². The van der Waals surface area contributed by atoms with Gasteiger partial charge in [0.15, 0.2) is 15.4 Å². The zero-order valence-electron chi connectivity index (χ0n) is 20.2. The summed E-state index contributed by atoms with van der Waals surface area (Å²) in [5, 5.41) is 33.8. The second kappa shape index (κ2) is 13.6. The van der Waals surface area contributed by atoms with Crippen LogP contribution in [0.4, 0.5) is 0 Å². The molecule has 0 bridgehead atoms. The highest BCUT2D eigenvalue weighted by molar-refractivity contribution is 7.90. The number of benzene rings is 2. The summed E-state index contributed by atoms with van der Waals surface area (Å²) in [6.07, 6.45) is -0.302. The summed E-state index contributed by atoms with van der Waals surface area (Å²) >= 11 is 0. The van der Waals surface area contributed by atoms with Gasteiger partial charge in [-0.1, -0.05) is 30.3 Å². The molecule has 2 aromatic rings. The minimum Gasteiger partial charge on any atom is -0.486 e. The van der Waals surface area contributed by atoms with E-state index in [2.05, 4.69) is 4.90 Å². The Kier molecular flexibility index (Phi) is 11.5. The normalized spacial score (nSPS) is 12.2. The van der Waals surface area contributed by atoms with Crippen LogP contribution < -0.4 is 4.74 Å². The number of carboxylic acid groups (broad SMARTS) is 3. The highest BCUT2D eigenvalue weighted by Crippen LogP contribution is 2.26. The maximum atomic E-state index is 11.5. The monoisotopic (exact) mass is 525 g/mol. The molecule has 1 unspecified atom stereocenters. The van der Waals surface area contributed by atoms with Crippen LogP contribution in [0.5, 0.6) is 5.75 Å². The largest absolute Gasteiger partial charge is 0.486 e. The summed E-state index contributed by atoms with van der Waals surface area (Å²) in [5.74, 6) is -4.35. The molecule has 2 aromatic carbocycles. The third-order valence-corrected chi connectivity index (χ3v) is 5.95. The molecular formula is C24H31NO10S. The summed E-state index contributed by atoms with van der Waals surface area (Å²) in [5.41, 5.74) is -1.63. The fourth-order valence-electron chi connectivity index (χ4n) is 2.98. The van der Waals surface area contributed by atoms with E-state index >= 15 is 0 Å². The Morgan fingerprint density at radius 3 is 1.81 bits per heavy atom. The van der Waals surface area contributed by atoms with Gasteiger partial charge in [0.1, 0.15) is 11.9 Å². The maximum absolute atomic E-state index is 11.5. The third kappa shape index (κ3) is 10.8. The average Bonchev–Trinajstić information content (AvgIpc) is 2.76. The van der Waals surface area contributed by atoms with Gasteiger partial charge in [0.2, 0.25) is 0 Å². The molecule has 0 fully saturated rings. The lowest BCUT2D eigenvalue weighted by atomic mass is 9.96. The van der Waals surface area contributed by atoms with Gasteiger partial charge >= 0.3 is 17.9 Å². The molecule has 0 amide bonds. The molecule has 0 aliphatic heterocycles. The average molecular weight is 526 g/mol. The van der Waals surface area contributed by atoms with E-state index in [1.165, 1.54) is 6.26 Å². The molecule has 11 nitrogen and oxygen atoms in total. The van der Waals surface area contributed by atoms with Crippen molar-refractivity contribution >= 4 is 27.7 Å². The Hall–Kier alpha value is -3.48. The molecule has 0 saturated carbocycles. The van der Waals surface area contributed by atoms with Crippen molar-refractivity contribution in [3.05, 3.63) is 60.2 Å². The van der Waals surface area contributed by atoms with Crippen LogP contribution in [0, 0.1) is 0 Å². The van der Waals surface area contributed by atoms with Gasteiger partial charge in [-0.05, 0) is 43.9 Å². The molecule has 0 aliphatic carbocycles. The fourth-order valence-corrected chi connectivity index (χ4v) is 3.61. The number of ether oxygens (including phenoxy) is 1. The zero-order valence-corrected chi connectivity index (χ0v) is 21.0. The first-order chi connectivity index (χ1) is 16.6. The summed E-state index contributed by atoms with van der Waals surface area (Å²) in [6.45, 7) is 0.904. The number of rotatable bonds is 12. The second-order valence-corrected chi connectivity index (χ2v) is 10.3. The van der Waals surface area contributed by atoms with E-state index in [1.807, 2.05) is 44.4 Å². The Labute approximate surface area is 209 Å². The van der Waals surface area contributed by atoms with Crippen molar-refractivity contribution in [2.24, 2.45) is 0 Å². The molecule has 1 atom stereocenters. The van der Waals surface area contributed by atoms with Gasteiger partial charge in [-0.15, -0.1) is 0 Å². The van der Waals surface area contributed by atoms with Crippen molar-refractivity contribution in [3.63, 3.8) is 0 Å².